The van der Waals surface area contributed by atoms with Gasteiger partial charge in [-0.1, -0.05) is 6.07 Å². The van der Waals surface area contributed by atoms with Crippen LogP contribution in [0.5, 0.6) is 0 Å². The number of aryl methyl sites for hydroxylation is 1. The lowest BCUT2D eigenvalue weighted by molar-refractivity contribution is 0.917. The molecular weight excluding hydrogens is 326 g/mol. The Bertz CT molecular complexity index is 962. The van der Waals surface area contributed by atoms with Gasteiger partial charge in [-0.2, -0.15) is 0 Å². The predicted octanol–water partition coefficient (Wildman–Crippen LogP) is 3.85. The first-order valence-electron chi connectivity index (χ1n) is 6.12. The fourth-order valence-electron chi connectivity index (χ4n) is 2.04. The minimum absolute atomic E-state index is 0.251. The van der Waals surface area contributed by atoms with E-state index in [2.05, 4.69) is 26.2 Å². The zero-order valence-corrected chi connectivity index (χ0v) is 13.2. The highest BCUT2D eigenvalue weighted by Crippen LogP contribution is 2.35. The van der Waals surface area contributed by atoms with E-state index in [4.69, 9.17) is 11.6 Å². The van der Waals surface area contributed by atoms with Gasteiger partial charge in [0.15, 0.2) is 5.65 Å². The fourth-order valence-corrected chi connectivity index (χ4v) is 4.16. The van der Waals surface area contributed by atoms with Crippen LogP contribution in [0, 0.1) is 6.92 Å². The molecule has 104 valence electrons. The molecule has 4 heterocycles. The summed E-state index contributed by atoms with van der Waals surface area (Å²) in [6, 6.07) is 7.86. The molecule has 0 bridgehead atoms. The normalized spacial score (nSPS) is 11.5. The van der Waals surface area contributed by atoms with Crippen LogP contribution in [0.3, 0.4) is 0 Å². The van der Waals surface area contributed by atoms with Crippen LogP contribution in [0.15, 0.2) is 40.6 Å². The SMILES string of the molecule is Cc1cc2c(Sc3nnc4ccccn34)nc(Cl)nc2s1. The zero-order chi connectivity index (χ0) is 14.4. The number of thiophene rings is 1. The standard InChI is InChI=1S/C13H8ClN5S2/c1-7-6-8-10(20-7)15-12(14)16-11(8)21-13-18-17-9-4-2-3-5-19(9)13/h2-6H,1H3. The molecular formula is C13H8ClN5S2. The minimum Gasteiger partial charge on any atom is -0.277 e. The summed E-state index contributed by atoms with van der Waals surface area (Å²) in [6.07, 6.45) is 1.93. The van der Waals surface area contributed by atoms with Crippen molar-refractivity contribution in [3.63, 3.8) is 0 Å². The van der Waals surface area contributed by atoms with Gasteiger partial charge in [-0.3, -0.25) is 4.40 Å². The van der Waals surface area contributed by atoms with Crippen LogP contribution in [0.4, 0.5) is 0 Å². The molecule has 5 nitrogen and oxygen atoms in total. The molecule has 0 aliphatic rings. The highest BCUT2D eigenvalue weighted by Gasteiger charge is 2.14. The van der Waals surface area contributed by atoms with E-state index in [-0.39, 0.29) is 5.28 Å². The van der Waals surface area contributed by atoms with E-state index >= 15 is 0 Å². The first-order valence-corrected chi connectivity index (χ1v) is 8.13. The Morgan fingerprint density at radius 3 is 3.05 bits per heavy atom. The van der Waals surface area contributed by atoms with Gasteiger partial charge in [0.1, 0.15) is 9.86 Å². The summed E-state index contributed by atoms with van der Waals surface area (Å²) in [7, 11) is 0. The highest BCUT2D eigenvalue weighted by atomic mass is 35.5. The Morgan fingerprint density at radius 1 is 1.24 bits per heavy atom. The second-order valence-corrected chi connectivity index (χ2v) is 6.92. The van der Waals surface area contributed by atoms with Crippen molar-refractivity contribution in [2.75, 3.05) is 0 Å². The minimum atomic E-state index is 0.251. The summed E-state index contributed by atoms with van der Waals surface area (Å²) >= 11 is 9.07. The first kappa shape index (κ1) is 13.0. The van der Waals surface area contributed by atoms with Crippen LogP contribution in [0.1, 0.15) is 4.88 Å². The van der Waals surface area contributed by atoms with Crippen molar-refractivity contribution in [2.24, 2.45) is 0 Å². The van der Waals surface area contributed by atoms with Gasteiger partial charge >= 0.3 is 0 Å². The van der Waals surface area contributed by atoms with Gasteiger partial charge in [0.05, 0.1) is 0 Å². The number of pyridine rings is 1. The second kappa shape index (κ2) is 4.94. The molecule has 0 unspecified atom stereocenters. The second-order valence-electron chi connectivity index (χ2n) is 4.39. The smallest absolute Gasteiger partial charge is 0.224 e. The molecule has 0 atom stereocenters. The largest absolute Gasteiger partial charge is 0.277 e. The molecule has 0 amide bonds. The summed E-state index contributed by atoms with van der Waals surface area (Å²) in [5.74, 6) is 0. The summed E-state index contributed by atoms with van der Waals surface area (Å²) < 4.78 is 1.92. The molecule has 0 N–H and O–H groups in total. The molecule has 0 spiro atoms. The average Bonchev–Trinajstić information content (AvgIpc) is 3.02. The molecule has 0 saturated heterocycles. The van der Waals surface area contributed by atoms with E-state index in [9.17, 15) is 0 Å². The number of hydrogen-bond donors (Lipinski definition) is 0. The average molecular weight is 334 g/mol. The topological polar surface area (TPSA) is 56.0 Å². The van der Waals surface area contributed by atoms with Crippen LogP contribution in [0.25, 0.3) is 15.9 Å². The number of aromatic nitrogens is 5. The maximum Gasteiger partial charge on any atom is 0.224 e. The summed E-state index contributed by atoms with van der Waals surface area (Å²) in [5.41, 5.74) is 0.804. The monoisotopic (exact) mass is 333 g/mol. The van der Waals surface area contributed by atoms with Crippen LogP contribution >= 0.6 is 34.7 Å². The van der Waals surface area contributed by atoms with Gasteiger partial charge < -0.3 is 0 Å². The van der Waals surface area contributed by atoms with E-state index < -0.39 is 0 Å². The first-order chi connectivity index (χ1) is 10.2. The number of nitrogens with zero attached hydrogens (tertiary/aromatic N) is 5. The van der Waals surface area contributed by atoms with Crippen LogP contribution in [-0.2, 0) is 0 Å². The molecule has 0 radical (unpaired) electrons. The number of rotatable bonds is 2. The fraction of sp³-hybridized carbons (Fsp3) is 0.0769. The van der Waals surface area contributed by atoms with Crippen LogP contribution < -0.4 is 0 Å². The van der Waals surface area contributed by atoms with Gasteiger partial charge in [0.25, 0.3) is 0 Å². The Kier molecular flexibility index (Phi) is 3.06. The lowest BCUT2D eigenvalue weighted by Gasteiger charge is -2.01. The van der Waals surface area contributed by atoms with Crippen molar-refractivity contribution >= 4 is 50.6 Å². The van der Waals surface area contributed by atoms with E-state index in [1.165, 1.54) is 16.6 Å². The molecule has 0 saturated carbocycles. The lowest BCUT2D eigenvalue weighted by atomic mass is 10.4. The Morgan fingerprint density at radius 2 is 2.14 bits per heavy atom. The number of fused-ring (bicyclic) bond motifs is 2. The molecule has 0 aromatic carbocycles. The van der Waals surface area contributed by atoms with Gasteiger partial charge in [0.2, 0.25) is 10.4 Å². The zero-order valence-electron chi connectivity index (χ0n) is 10.8. The Labute approximate surface area is 133 Å². The van der Waals surface area contributed by atoms with Crippen molar-refractivity contribution in [2.45, 2.75) is 17.1 Å². The number of hydrogen-bond acceptors (Lipinski definition) is 6. The predicted molar refractivity (Wildman–Crippen MR) is 84.3 cm³/mol. The summed E-state index contributed by atoms with van der Waals surface area (Å²) in [5, 5.41) is 11.2. The molecule has 0 aliphatic carbocycles. The molecule has 4 aromatic rings. The molecule has 4 aromatic heterocycles. The van der Waals surface area contributed by atoms with Crippen molar-refractivity contribution in [3.8, 4) is 0 Å². The lowest BCUT2D eigenvalue weighted by Crippen LogP contribution is -1.90. The summed E-state index contributed by atoms with van der Waals surface area (Å²) in [6.45, 7) is 2.04. The maximum atomic E-state index is 6.02. The van der Waals surface area contributed by atoms with Gasteiger partial charge in [-0.25, -0.2) is 9.97 Å². The van der Waals surface area contributed by atoms with Crippen molar-refractivity contribution < 1.29 is 0 Å². The molecule has 21 heavy (non-hydrogen) atoms. The molecule has 0 aliphatic heterocycles. The van der Waals surface area contributed by atoms with Crippen LogP contribution in [0.2, 0.25) is 5.28 Å². The third kappa shape index (κ3) is 2.27. The Balaban J connectivity index is 1.87. The third-order valence-corrected chi connectivity index (χ3v) is 5.00. The van der Waals surface area contributed by atoms with E-state index in [1.807, 2.05) is 35.7 Å². The molecule has 4 rings (SSSR count). The van der Waals surface area contributed by atoms with Gasteiger partial charge in [0, 0.05) is 16.5 Å². The van der Waals surface area contributed by atoms with Crippen molar-refractivity contribution in [1.82, 2.24) is 24.6 Å². The van der Waals surface area contributed by atoms with E-state index in [0.29, 0.717) is 0 Å². The Hall–Kier alpha value is -1.70. The quantitative estimate of drug-likeness (QED) is 0.412. The van der Waals surface area contributed by atoms with E-state index in [1.54, 1.807) is 11.3 Å². The van der Waals surface area contributed by atoms with Crippen molar-refractivity contribution in [3.05, 3.63) is 40.6 Å². The van der Waals surface area contributed by atoms with E-state index in [0.717, 1.165) is 26.0 Å². The van der Waals surface area contributed by atoms with Crippen molar-refractivity contribution in [1.29, 1.82) is 0 Å². The molecule has 8 heteroatoms. The maximum absolute atomic E-state index is 6.02. The third-order valence-electron chi connectivity index (χ3n) is 2.92. The highest BCUT2D eigenvalue weighted by molar-refractivity contribution is 7.99. The number of halogens is 1. The molecule has 0 fully saturated rings. The van der Waals surface area contributed by atoms with Gasteiger partial charge in [-0.15, -0.1) is 21.5 Å². The van der Waals surface area contributed by atoms with Gasteiger partial charge in [-0.05, 0) is 48.5 Å². The van der Waals surface area contributed by atoms with Crippen LogP contribution in [-0.4, -0.2) is 24.6 Å². The summed E-state index contributed by atoms with van der Waals surface area (Å²) in [4.78, 5) is 10.7.